The van der Waals surface area contributed by atoms with Gasteiger partial charge in [-0.25, -0.2) is 4.79 Å². The third-order valence-electron chi connectivity index (χ3n) is 0.567. The van der Waals surface area contributed by atoms with Crippen molar-refractivity contribution >= 4 is 18.7 Å². The summed E-state index contributed by atoms with van der Waals surface area (Å²) in [6.07, 6.45) is -0.404. The van der Waals surface area contributed by atoms with Crippen LogP contribution in [0.1, 0.15) is 0 Å². The first-order chi connectivity index (χ1) is 3.81. The third kappa shape index (κ3) is 3.80. The summed E-state index contributed by atoms with van der Waals surface area (Å²) in [5.41, 5.74) is 0. The second-order valence-electron chi connectivity index (χ2n) is 1.14. The summed E-state index contributed by atoms with van der Waals surface area (Å²) in [7, 11) is 1.33. The molecule has 0 heterocycles. The number of amides is 1. The molecule has 0 saturated heterocycles. The summed E-state index contributed by atoms with van der Waals surface area (Å²) in [5.74, 6) is 0.634. The van der Waals surface area contributed by atoms with Gasteiger partial charge in [0.2, 0.25) is 0 Å². The van der Waals surface area contributed by atoms with Crippen molar-refractivity contribution in [1.82, 2.24) is 5.32 Å². The van der Waals surface area contributed by atoms with Gasteiger partial charge in [-0.05, 0) is 0 Å². The average Bonchev–Trinajstić information content (AvgIpc) is 1.83. The highest BCUT2D eigenvalue weighted by atomic mass is 32.1. The number of carbonyl (C=O) groups is 1. The molecule has 0 atom stereocenters. The molecule has 1 amide bonds. The molecule has 0 aliphatic rings. The van der Waals surface area contributed by atoms with Crippen LogP contribution in [0.3, 0.4) is 0 Å². The Morgan fingerprint density at radius 2 is 2.50 bits per heavy atom. The molecule has 0 aromatic rings. The second kappa shape index (κ2) is 4.77. The molecule has 1 N–H and O–H groups in total. The molecular weight excluding hydrogens is 126 g/mol. The van der Waals surface area contributed by atoms with Crippen LogP contribution in [0.2, 0.25) is 0 Å². The van der Waals surface area contributed by atoms with E-state index in [-0.39, 0.29) is 0 Å². The Hall–Kier alpha value is -0.380. The van der Waals surface area contributed by atoms with Crippen molar-refractivity contribution in [2.24, 2.45) is 0 Å². The molecule has 4 heteroatoms. The Labute approximate surface area is 53.8 Å². The van der Waals surface area contributed by atoms with Crippen molar-refractivity contribution in [3.05, 3.63) is 0 Å². The van der Waals surface area contributed by atoms with Gasteiger partial charge in [-0.15, -0.1) is 0 Å². The molecule has 0 saturated carbocycles. The van der Waals surface area contributed by atoms with Crippen molar-refractivity contribution < 1.29 is 9.53 Å². The van der Waals surface area contributed by atoms with Crippen LogP contribution in [0, 0.1) is 0 Å². The molecular formula is C4H9NO2S. The van der Waals surface area contributed by atoms with Crippen LogP contribution in [0.25, 0.3) is 0 Å². The van der Waals surface area contributed by atoms with Gasteiger partial charge in [0.25, 0.3) is 0 Å². The fourth-order valence-electron chi connectivity index (χ4n) is 0.230. The maximum absolute atomic E-state index is 10.2. The van der Waals surface area contributed by atoms with Crippen LogP contribution >= 0.6 is 12.6 Å². The minimum absolute atomic E-state index is 0.404. The molecule has 0 aromatic heterocycles. The normalized spacial score (nSPS) is 8.25. The number of thiol groups is 1. The first-order valence-corrected chi connectivity index (χ1v) is 2.87. The second-order valence-corrected chi connectivity index (χ2v) is 1.59. The number of rotatable bonds is 2. The zero-order valence-electron chi connectivity index (χ0n) is 4.68. The van der Waals surface area contributed by atoms with Crippen molar-refractivity contribution in [2.45, 2.75) is 0 Å². The predicted molar refractivity (Wildman–Crippen MR) is 34.3 cm³/mol. The number of carbonyl (C=O) groups excluding carboxylic acids is 1. The smallest absolute Gasteiger partial charge is 0.406 e. The fourth-order valence-corrected chi connectivity index (χ4v) is 0.342. The molecule has 0 spiro atoms. The van der Waals surface area contributed by atoms with E-state index < -0.39 is 6.09 Å². The summed E-state index contributed by atoms with van der Waals surface area (Å²) < 4.78 is 4.27. The summed E-state index contributed by atoms with van der Waals surface area (Å²) >= 11 is 3.86. The van der Waals surface area contributed by atoms with Crippen molar-refractivity contribution in [3.8, 4) is 0 Å². The predicted octanol–water partition coefficient (Wildman–Crippen LogP) is 0.272. The zero-order valence-corrected chi connectivity index (χ0v) is 5.57. The molecule has 0 fully saturated rings. The summed E-state index contributed by atoms with van der Waals surface area (Å²) in [6.45, 7) is 0.551. The molecule has 0 radical (unpaired) electrons. The van der Waals surface area contributed by atoms with E-state index in [1.807, 2.05) is 0 Å². The molecule has 3 nitrogen and oxygen atoms in total. The molecule has 0 bridgehead atoms. The van der Waals surface area contributed by atoms with Crippen LogP contribution in [-0.2, 0) is 4.74 Å². The minimum Gasteiger partial charge on any atom is -0.453 e. The molecule has 0 aromatic carbocycles. The van der Waals surface area contributed by atoms with Gasteiger partial charge in [-0.1, -0.05) is 0 Å². The van der Waals surface area contributed by atoms with Crippen LogP contribution in [0.4, 0.5) is 4.79 Å². The first kappa shape index (κ1) is 7.62. The van der Waals surface area contributed by atoms with Gasteiger partial charge in [0.15, 0.2) is 0 Å². The number of nitrogens with one attached hydrogen (secondary N) is 1. The number of alkyl carbamates (subject to hydrolysis) is 1. The third-order valence-corrected chi connectivity index (χ3v) is 0.790. The molecule has 0 aliphatic carbocycles. The highest BCUT2D eigenvalue weighted by molar-refractivity contribution is 7.80. The summed E-state index contributed by atoms with van der Waals surface area (Å²) in [4.78, 5) is 10.2. The lowest BCUT2D eigenvalue weighted by atomic mass is 10.7. The number of ether oxygens (including phenoxy) is 1. The fraction of sp³-hybridized carbons (Fsp3) is 0.750. The van der Waals surface area contributed by atoms with Crippen molar-refractivity contribution in [1.29, 1.82) is 0 Å². The SMILES string of the molecule is COC(=O)NCCS. The van der Waals surface area contributed by atoms with E-state index in [9.17, 15) is 4.79 Å². The number of methoxy groups -OCH3 is 1. The van der Waals surface area contributed by atoms with Gasteiger partial charge < -0.3 is 10.1 Å². The Bertz CT molecular complexity index is 76.4. The standard InChI is InChI=1S/C4H9NO2S/c1-7-4(6)5-2-3-8/h8H,2-3H2,1H3,(H,5,6). The van der Waals surface area contributed by atoms with E-state index in [0.29, 0.717) is 12.3 Å². The Kier molecular flexibility index (Phi) is 4.54. The topological polar surface area (TPSA) is 38.3 Å². The van der Waals surface area contributed by atoms with Gasteiger partial charge in [0.1, 0.15) is 0 Å². The molecule has 0 aliphatic heterocycles. The maximum atomic E-state index is 10.2. The van der Waals surface area contributed by atoms with Gasteiger partial charge in [0.05, 0.1) is 7.11 Å². The zero-order chi connectivity index (χ0) is 6.41. The van der Waals surface area contributed by atoms with Gasteiger partial charge in [0, 0.05) is 12.3 Å². The van der Waals surface area contributed by atoms with E-state index in [1.54, 1.807) is 0 Å². The summed E-state index contributed by atoms with van der Waals surface area (Å²) in [5, 5.41) is 2.44. The minimum atomic E-state index is -0.404. The Balaban J connectivity index is 2.99. The Morgan fingerprint density at radius 1 is 1.88 bits per heavy atom. The lowest BCUT2D eigenvalue weighted by Gasteiger charge is -1.97. The molecule has 48 valence electrons. The van der Waals surface area contributed by atoms with E-state index >= 15 is 0 Å². The van der Waals surface area contributed by atoms with Crippen LogP contribution in [0.15, 0.2) is 0 Å². The average molecular weight is 135 g/mol. The quantitative estimate of drug-likeness (QED) is 0.533. The highest BCUT2D eigenvalue weighted by Gasteiger charge is 1.92. The lowest BCUT2D eigenvalue weighted by molar-refractivity contribution is 0.172. The van der Waals surface area contributed by atoms with E-state index in [0.717, 1.165) is 0 Å². The summed E-state index contributed by atoms with van der Waals surface area (Å²) in [6, 6.07) is 0. The first-order valence-electron chi connectivity index (χ1n) is 2.24. The van der Waals surface area contributed by atoms with Crippen LogP contribution in [0.5, 0.6) is 0 Å². The number of hydrogen-bond acceptors (Lipinski definition) is 3. The van der Waals surface area contributed by atoms with Crippen LogP contribution < -0.4 is 5.32 Å². The van der Waals surface area contributed by atoms with E-state index in [1.165, 1.54) is 7.11 Å². The molecule has 0 unspecified atom stereocenters. The van der Waals surface area contributed by atoms with E-state index in [4.69, 9.17) is 0 Å². The number of hydrogen-bond donors (Lipinski definition) is 2. The lowest BCUT2D eigenvalue weighted by Crippen LogP contribution is -2.24. The van der Waals surface area contributed by atoms with Crippen molar-refractivity contribution in [3.63, 3.8) is 0 Å². The maximum Gasteiger partial charge on any atom is 0.406 e. The largest absolute Gasteiger partial charge is 0.453 e. The highest BCUT2D eigenvalue weighted by Crippen LogP contribution is 1.71. The van der Waals surface area contributed by atoms with E-state index in [2.05, 4.69) is 22.7 Å². The molecule has 8 heavy (non-hydrogen) atoms. The van der Waals surface area contributed by atoms with Crippen LogP contribution in [-0.4, -0.2) is 25.5 Å². The van der Waals surface area contributed by atoms with Gasteiger partial charge >= 0.3 is 6.09 Å². The van der Waals surface area contributed by atoms with Crippen molar-refractivity contribution in [2.75, 3.05) is 19.4 Å². The van der Waals surface area contributed by atoms with Gasteiger partial charge in [-0.2, -0.15) is 12.6 Å². The van der Waals surface area contributed by atoms with Gasteiger partial charge in [-0.3, -0.25) is 0 Å². The Morgan fingerprint density at radius 3 is 2.88 bits per heavy atom. The monoisotopic (exact) mass is 135 g/mol. The molecule has 0 rings (SSSR count).